The van der Waals surface area contributed by atoms with Crippen molar-refractivity contribution in [2.24, 2.45) is 11.3 Å². The number of pyridine rings is 1. The molecule has 2 rings (SSSR count). The van der Waals surface area contributed by atoms with Crippen LogP contribution < -0.4 is 0 Å². The van der Waals surface area contributed by atoms with Crippen LogP contribution in [0.2, 0.25) is 0 Å². The van der Waals surface area contributed by atoms with Gasteiger partial charge in [0, 0.05) is 25.5 Å². The second-order valence-electron chi connectivity index (χ2n) is 6.60. The molecule has 0 bridgehead atoms. The van der Waals surface area contributed by atoms with Gasteiger partial charge in [-0.15, -0.1) is 0 Å². The molecule has 0 spiro atoms. The lowest BCUT2D eigenvalue weighted by atomic mass is 9.87. The number of aliphatic hydroxyl groups is 1. The normalized spacial score (nSPS) is 25.9. The highest BCUT2D eigenvalue weighted by Crippen LogP contribution is 2.41. The fourth-order valence-corrected chi connectivity index (χ4v) is 3.05. The predicted octanol–water partition coefficient (Wildman–Crippen LogP) is 2.35. The predicted molar refractivity (Wildman–Crippen MR) is 77.9 cm³/mol. The third kappa shape index (κ3) is 3.77. The van der Waals surface area contributed by atoms with Gasteiger partial charge >= 0.3 is 0 Å². The maximum absolute atomic E-state index is 10.3. The Labute approximate surface area is 116 Å². The van der Waals surface area contributed by atoms with E-state index < -0.39 is 0 Å². The summed E-state index contributed by atoms with van der Waals surface area (Å²) in [5.74, 6) is 0.428. The van der Waals surface area contributed by atoms with Gasteiger partial charge in [-0.2, -0.15) is 0 Å². The molecule has 19 heavy (non-hydrogen) atoms. The molecule has 0 aliphatic heterocycles. The van der Waals surface area contributed by atoms with E-state index in [2.05, 4.69) is 42.9 Å². The molecule has 1 aromatic rings. The van der Waals surface area contributed by atoms with Crippen LogP contribution in [0.15, 0.2) is 24.5 Å². The van der Waals surface area contributed by atoms with Gasteiger partial charge in [-0.3, -0.25) is 4.98 Å². The molecule has 1 aromatic heterocycles. The molecule has 3 heteroatoms. The van der Waals surface area contributed by atoms with Crippen LogP contribution in [0.25, 0.3) is 0 Å². The molecule has 1 aliphatic rings. The summed E-state index contributed by atoms with van der Waals surface area (Å²) in [4.78, 5) is 6.38. The molecule has 1 aliphatic carbocycles. The van der Waals surface area contributed by atoms with Gasteiger partial charge in [0.1, 0.15) is 0 Å². The Hall–Kier alpha value is -0.930. The monoisotopic (exact) mass is 262 g/mol. The van der Waals surface area contributed by atoms with Gasteiger partial charge in [-0.1, -0.05) is 13.8 Å². The molecule has 0 saturated heterocycles. The van der Waals surface area contributed by atoms with Crippen molar-refractivity contribution < 1.29 is 5.11 Å². The topological polar surface area (TPSA) is 36.4 Å². The first-order valence-electron chi connectivity index (χ1n) is 7.24. The Morgan fingerprint density at radius 3 is 2.63 bits per heavy atom. The Kier molecular flexibility index (Phi) is 4.58. The first-order valence-corrected chi connectivity index (χ1v) is 7.24. The van der Waals surface area contributed by atoms with Crippen LogP contribution in [0.5, 0.6) is 0 Å². The van der Waals surface area contributed by atoms with E-state index in [0.29, 0.717) is 5.92 Å². The molecule has 3 nitrogen and oxygen atoms in total. The quantitative estimate of drug-likeness (QED) is 0.885. The number of aromatic nitrogens is 1. The molecule has 1 N–H and O–H groups in total. The van der Waals surface area contributed by atoms with Crippen LogP contribution in [0.3, 0.4) is 0 Å². The molecule has 1 fully saturated rings. The van der Waals surface area contributed by atoms with E-state index in [0.717, 1.165) is 32.4 Å². The van der Waals surface area contributed by atoms with E-state index in [4.69, 9.17) is 0 Å². The SMILES string of the molecule is CN(CCc1ccncc1)CC1CCC(C)(C)C1O. The summed E-state index contributed by atoms with van der Waals surface area (Å²) in [6, 6.07) is 4.14. The fourth-order valence-electron chi connectivity index (χ4n) is 3.05. The lowest BCUT2D eigenvalue weighted by molar-refractivity contribution is 0.0357. The Morgan fingerprint density at radius 2 is 2.05 bits per heavy atom. The summed E-state index contributed by atoms with van der Waals surface area (Å²) in [5, 5.41) is 10.3. The summed E-state index contributed by atoms with van der Waals surface area (Å²) in [6.07, 6.45) is 6.86. The molecule has 1 saturated carbocycles. The summed E-state index contributed by atoms with van der Waals surface area (Å²) in [7, 11) is 2.15. The summed E-state index contributed by atoms with van der Waals surface area (Å²) < 4.78 is 0. The average molecular weight is 262 g/mol. The van der Waals surface area contributed by atoms with E-state index in [9.17, 15) is 5.11 Å². The van der Waals surface area contributed by atoms with Gasteiger partial charge in [-0.05, 0) is 55.3 Å². The minimum absolute atomic E-state index is 0.0939. The Morgan fingerprint density at radius 1 is 1.37 bits per heavy atom. The van der Waals surface area contributed by atoms with E-state index in [1.807, 2.05) is 12.4 Å². The minimum Gasteiger partial charge on any atom is -0.392 e. The van der Waals surface area contributed by atoms with E-state index in [-0.39, 0.29) is 11.5 Å². The lowest BCUT2D eigenvalue weighted by Gasteiger charge is -2.28. The molecule has 106 valence electrons. The highest BCUT2D eigenvalue weighted by atomic mass is 16.3. The third-order valence-corrected chi connectivity index (χ3v) is 4.48. The van der Waals surface area contributed by atoms with Crippen molar-refractivity contribution in [2.75, 3.05) is 20.1 Å². The number of likely N-dealkylation sites (N-methyl/N-ethyl adjacent to an activating group) is 1. The number of nitrogens with zero attached hydrogens (tertiary/aromatic N) is 2. The van der Waals surface area contributed by atoms with E-state index in [1.165, 1.54) is 5.56 Å². The smallest absolute Gasteiger partial charge is 0.0631 e. The highest BCUT2D eigenvalue weighted by molar-refractivity contribution is 5.09. The van der Waals surface area contributed by atoms with Crippen LogP contribution >= 0.6 is 0 Å². The van der Waals surface area contributed by atoms with Gasteiger partial charge in [-0.25, -0.2) is 0 Å². The number of aliphatic hydroxyl groups excluding tert-OH is 1. The molecule has 2 unspecified atom stereocenters. The zero-order chi connectivity index (χ0) is 13.9. The number of hydrogen-bond acceptors (Lipinski definition) is 3. The van der Waals surface area contributed by atoms with Crippen LogP contribution in [0.1, 0.15) is 32.3 Å². The van der Waals surface area contributed by atoms with Crippen LogP contribution in [0, 0.1) is 11.3 Å². The third-order valence-electron chi connectivity index (χ3n) is 4.48. The summed E-state index contributed by atoms with van der Waals surface area (Å²) in [6.45, 7) is 6.38. The van der Waals surface area contributed by atoms with Crippen molar-refractivity contribution in [3.63, 3.8) is 0 Å². The molecule has 1 heterocycles. The standard InChI is InChI=1S/C16H26N2O/c1-16(2)8-4-14(15(16)19)12-18(3)11-7-13-5-9-17-10-6-13/h5-6,9-10,14-15,19H,4,7-8,11-12H2,1-3H3. The second kappa shape index (κ2) is 6.02. The Bertz CT molecular complexity index is 391. The second-order valence-corrected chi connectivity index (χ2v) is 6.60. The highest BCUT2D eigenvalue weighted by Gasteiger charge is 2.40. The van der Waals surface area contributed by atoms with Crippen molar-refractivity contribution in [1.29, 1.82) is 0 Å². The summed E-state index contributed by atoms with van der Waals surface area (Å²) in [5.41, 5.74) is 1.42. The Balaban J connectivity index is 1.78. The fraction of sp³-hybridized carbons (Fsp3) is 0.688. The average Bonchev–Trinajstić information content (AvgIpc) is 2.65. The van der Waals surface area contributed by atoms with Gasteiger partial charge in [0.05, 0.1) is 6.10 Å². The molecule has 2 atom stereocenters. The van der Waals surface area contributed by atoms with Gasteiger partial charge in [0.2, 0.25) is 0 Å². The van der Waals surface area contributed by atoms with Crippen LogP contribution in [-0.2, 0) is 6.42 Å². The van der Waals surface area contributed by atoms with E-state index in [1.54, 1.807) is 0 Å². The van der Waals surface area contributed by atoms with Crippen molar-refractivity contribution in [3.8, 4) is 0 Å². The zero-order valence-corrected chi connectivity index (χ0v) is 12.3. The maximum Gasteiger partial charge on any atom is 0.0631 e. The molecule has 0 amide bonds. The lowest BCUT2D eigenvalue weighted by Crippen LogP contribution is -2.35. The molecule has 0 aromatic carbocycles. The number of rotatable bonds is 5. The summed E-state index contributed by atoms with van der Waals surface area (Å²) >= 11 is 0. The van der Waals surface area contributed by atoms with Crippen molar-refractivity contribution in [3.05, 3.63) is 30.1 Å². The van der Waals surface area contributed by atoms with Gasteiger partial charge in [0.15, 0.2) is 0 Å². The first kappa shape index (κ1) is 14.5. The van der Waals surface area contributed by atoms with Crippen molar-refractivity contribution in [1.82, 2.24) is 9.88 Å². The minimum atomic E-state index is -0.157. The zero-order valence-electron chi connectivity index (χ0n) is 12.3. The van der Waals surface area contributed by atoms with E-state index >= 15 is 0 Å². The molecular formula is C16H26N2O. The van der Waals surface area contributed by atoms with Crippen LogP contribution in [-0.4, -0.2) is 41.2 Å². The van der Waals surface area contributed by atoms with Crippen molar-refractivity contribution >= 4 is 0 Å². The largest absolute Gasteiger partial charge is 0.392 e. The van der Waals surface area contributed by atoms with Crippen LogP contribution in [0.4, 0.5) is 0 Å². The van der Waals surface area contributed by atoms with Gasteiger partial charge in [0.25, 0.3) is 0 Å². The maximum atomic E-state index is 10.3. The van der Waals surface area contributed by atoms with Crippen molar-refractivity contribution in [2.45, 2.75) is 39.2 Å². The number of hydrogen-bond donors (Lipinski definition) is 1. The molecule has 0 radical (unpaired) electrons. The molecular weight excluding hydrogens is 236 g/mol. The van der Waals surface area contributed by atoms with Gasteiger partial charge < -0.3 is 10.0 Å². The first-order chi connectivity index (χ1) is 8.99.